The Balaban J connectivity index is 1.22. The van der Waals surface area contributed by atoms with E-state index in [-0.39, 0.29) is 17.1 Å². The van der Waals surface area contributed by atoms with Gasteiger partial charge in [0.2, 0.25) is 0 Å². The summed E-state index contributed by atoms with van der Waals surface area (Å²) in [5.41, 5.74) is -0.334. The standard InChI is InChI=1S/C33H34F4N4O4/c1-21-10-14-41(15-11-21)13-4-16-44-31-20-27-25(19-30(31)43-2)28(9-12-38-27)45-29-8-7-24(18-26(29)34)40-32(42)39-23-6-3-5-22(17-23)33(35,36)37/h3,5-9,12,17-21H,4,10-11,13-16H2,1-2H3,(H2,39,40,42). The van der Waals surface area contributed by atoms with Gasteiger partial charge in [0.1, 0.15) is 5.75 Å². The van der Waals surface area contributed by atoms with Crippen LogP contribution in [0.3, 0.4) is 0 Å². The van der Waals surface area contributed by atoms with Crippen LogP contribution in [0.25, 0.3) is 10.9 Å². The number of nitrogens with zero attached hydrogens (tertiary/aromatic N) is 2. The van der Waals surface area contributed by atoms with Crippen LogP contribution in [0, 0.1) is 11.7 Å². The number of piperidine rings is 1. The summed E-state index contributed by atoms with van der Waals surface area (Å²) in [5, 5.41) is 5.29. The van der Waals surface area contributed by atoms with E-state index in [4.69, 9.17) is 14.2 Å². The minimum atomic E-state index is -4.56. The molecule has 1 aliphatic rings. The highest BCUT2D eigenvalue weighted by Gasteiger charge is 2.30. The molecule has 0 radical (unpaired) electrons. The van der Waals surface area contributed by atoms with E-state index < -0.39 is 23.6 Å². The van der Waals surface area contributed by atoms with Crippen LogP contribution >= 0.6 is 0 Å². The highest BCUT2D eigenvalue weighted by molar-refractivity contribution is 5.99. The summed E-state index contributed by atoms with van der Waals surface area (Å²) in [7, 11) is 1.54. The van der Waals surface area contributed by atoms with Crippen molar-refractivity contribution in [1.29, 1.82) is 0 Å². The Morgan fingerprint density at radius 1 is 0.956 bits per heavy atom. The second-order valence-electron chi connectivity index (χ2n) is 11.0. The maximum absolute atomic E-state index is 15.0. The monoisotopic (exact) mass is 626 g/mol. The van der Waals surface area contributed by atoms with Gasteiger partial charge in [0.15, 0.2) is 23.1 Å². The Bertz CT molecular complexity index is 1640. The fourth-order valence-corrected chi connectivity index (χ4v) is 5.09. The average Bonchev–Trinajstić information content (AvgIpc) is 3.01. The molecule has 4 aromatic rings. The number of amides is 2. The predicted octanol–water partition coefficient (Wildman–Crippen LogP) is 8.34. The molecular weight excluding hydrogens is 592 g/mol. The fourth-order valence-electron chi connectivity index (χ4n) is 5.09. The number of carbonyl (C=O) groups excluding carboxylic acids is 1. The van der Waals surface area contributed by atoms with E-state index in [0.29, 0.717) is 34.8 Å². The number of methoxy groups -OCH3 is 1. The number of alkyl halides is 3. The van der Waals surface area contributed by atoms with Crippen molar-refractivity contribution in [3.05, 3.63) is 78.2 Å². The zero-order chi connectivity index (χ0) is 32.0. The predicted molar refractivity (Wildman–Crippen MR) is 164 cm³/mol. The van der Waals surface area contributed by atoms with Crippen molar-refractivity contribution >= 4 is 28.3 Å². The van der Waals surface area contributed by atoms with Gasteiger partial charge in [-0.3, -0.25) is 4.98 Å². The normalized spacial score (nSPS) is 14.3. The third-order valence-electron chi connectivity index (χ3n) is 7.60. The minimum absolute atomic E-state index is 0.0663. The Hall–Kier alpha value is -4.58. The second-order valence-corrected chi connectivity index (χ2v) is 11.0. The number of rotatable bonds is 10. The summed E-state index contributed by atoms with van der Waals surface area (Å²) in [4.78, 5) is 19.2. The first kappa shape index (κ1) is 31.8. The highest BCUT2D eigenvalue weighted by atomic mass is 19.4. The number of pyridine rings is 1. The molecule has 12 heteroatoms. The smallest absolute Gasteiger partial charge is 0.416 e. The lowest BCUT2D eigenvalue weighted by Gasteiger charge is -2.30. The molecule has 1 saturated heterocycles. The largest absolute Gasteiger partial charge is 0.493 e. The zero-order valence-corrected chi connectivity index (χ0v) is 24.9. The van der Waals surface area contributed by atoms with Crippen LogP contribution in [0.5, 0.6) is 23.0 Å². The first-order valence-electron chi connectivity index (χ1n) is 14.6. The van der Waals surface area contributed by atoms with Crippen molar-refractivity contribution in [2.45, 2.75) is 32.4 Å². The molecule has 1 fully saturated rings. The lowest BCUT2D eigenvalue weighted by Crippen LogP contribution is -2.34. The molecule has 0 aliphatic carbocycles. The van der Waals surface area contributed by atoms with Crippen molar-refractivity contribution in [1.82, 2.24) is 9.88 Å². The lowest BCUT2D eigenvalue weighted by atomic mass is 9.99. The van der Waals surface area contributed by atoms with Crippen LogP contribution in [-0.4, -0.2) is 49.3 Å². The summed E-state index contributed by atoms with van der Waals surface area (Å²) in [6, 6.07) is 12.2. The summed E-state index contributed by atoms with van der Waals surface area (Å²) >= 11 is 0. The van der Waals surface area contributed by atoms with Gasteiger partial charge in [0.25, 0.3) is 0 Å². The van der Waals surface area contributed by atoms with Gasteiger partial charge in [-0.25, -0.2) is 9.18 Å². The lowest BCUT2D eigenvalue weighted by molar-refractivity contribution is -0.137. The Morgan fingerprint density at radius 3 is 2.42 bits per heavy atom. The number of nitrogens with one attached hydrogen (secondary N) is 2. The molecule has 0 unspecified atom stereocenters. The summed E-state index contributed by atoms with van der Waals surface area (Å²) < 4.78 is 71.4. The molecular formula is C33H34F4N4O4. The molecule has 3 aromatic carbocycles. The molecule has 8 nitrogen and oxygen atoms in total. The van der Waals surface area contributed by atoms with Gasteiger partial charge in [-0.05, 0) is 80.7 Å². The number of halogens is 4. The van der Waals surface area contributed by atoms with Crippen molar-refractivity contribution in [2.75, 3.05) is 44.0 Å². The van der Waals surface area contributed by atoms with E-state index in [1.807, 2.05) is 0 Å². The van der Waals surface area contributed by atoms with Gasteiger partial charge in [-0.15, -0.1) is 0 Å². The van der Waals surface area contributed by atoms with E-state index in [2.05, 4.69) is 27.4 Å². The zero-order valence-electron chi connectivity index (χ0n) is 24.9. The van der Waals surface area contributed by atoms with Gasteiger partial charge in [0.05, 0.1) is 24.8 Å². The number of hydrogen-bond acceptors (Lipinski definition) is 6. The molecule has 1 aliphatic heterocycles. The van der Waals surface area contributed by atoms with E-state index in [9.17, 15) is 18.0 Å². The van der Waals surface area contributed by atoms with E-state index >= 15 is 4.39 Å². The Kier molecular flexibility index (Phi) is 9.92. The van der Waals surface area contributed by atoms with Crippen LogP contribution in [0.2, 0.25) is 0 Å². The molecule has 45 heavy (non-hydrogen) atoms. The third-order valence-corrected chi connectivity index (χ3v) is 7.60. The first-order chi connectivity index (χ1) is 21.6. The summed E-state index contributed by atoms with van der Waals surface area (Å²) in [6.07, 6.45) is 0.314. The number of carbonyl (C=O) groups is 1. The molecule has 0 atom stereocenters. The topological polar surface area (TPSA) is 85.0 Å². The Morgan fingerprint density at radius 2 is 1.71 bits per heavy atom. The van der Waals surface area contributed by atoms with E-state index in [1.54, 1.807) is 18.2 Å². The minimum Gasteiger partial charge on any atom is -0.493 e. The first-order valence-corrected chi connectivity index (χ1v) is 14.6. The average molecular weight is 627 g/mol. The van der Waals surface area contributed by atoms with Crippen molar-refractivity contribution in [3.8, 4) is 23.0 Å². The fraction of sp³-hybridized carbons (Fsp3) is 0.333. The number of hydrogen-bond donors (Lipinski definition) is 2. The van der Waals surface area contributed by atoms with Crippen LogP contribution in [-0.2, 0) is 6.18 Å². The van der Waals surface area contributed by atoms with Crippen molar-refractivity contribution in [2.24, 2.45) is 5.92 Å². The number of benzene rings is 3. The number of ether oxygens (including phenoxy) is 3. The van der Waals surface area contributed by atoms with Crippen LogP contribution in [0.4, 0.5) is 33.7 Å². The molecule has 2 amide bonds. The number of fused-ring (bicyclic) bond motifs is 1. The molecule has 238 valence electrons. The molecule has 2 heterocycles. The van der Waals surface area contributed by atoms with Crippen molar-refractivity contribution in [3.63, 3.8) is 0 Å². The van der Waals surface area contributed by atoms with E-state index in [0.717, 1.165) is 50.2 Å². The van der Waals surface area contributed by atoms with Gasteiger partial charge in [0, 0.05) is 41.6 Å². The van der Waals surface area contributed by atoms with Gasteiger partial charge >= 0.3 is 12.2 Å². The Labute approximate surface area is 258 Å². The van der Waals surface area contributed by atoms with Gasteiger partial charge in [-0.2, -0.15) is 13.2 Å². The maximum Gasteiger partial charge on any atom is 0.416 e. The van der Waals surface area contributed by atoms with Gasteiger partial charge < -0.3 is 29.7 Å². The summed E-state index contributed by atoms with van der Waals surface area (Å²) in [6.45, 7) is 6.02. The molecule has 0 bridgehead atoms. The summed E-state index contributed by atoms with van der Waals surface area (Å²) in [5.74, 6) is 1.26. The maximum atomic E-state index is 15.0. The molecule has 5 rings (SSSR count). The number of likely N-dealkylation sites (tertiary alicyclic amines) is 1. The third kappa shape index (κ3) is 8.33. The highest BCUT2D eigenvalue weighted by Crippen LogP contribution is 2.38. The van der Waals surface area contributed by atoms with Crippen LogP contribution < -0.4 is 24.8 Å². The van der Waals surface area contributed by atoms with Gasteiger partial charge in [-0.1, -0.05) is 13.0 Å². The quantitative estimate of drug-likeness (QED) is 0.136. The number of anilines is 2. The molecule has 2 N–H and O–H groups in total. The van der Waals surface area contributed by atoms with Crippen molar-refractivity contribution < 1.29 is 36.6 Å². The molecule has 0 saturated carbocycles. The molecule has 1 aromatic heterocycles. The SMILES string of the molecule is COc1cc2c(Oc3ccc(NC(=O)Nc4cccc(C(F)(F)F)c4)cc3F)ccnc2cc1OCCCN1CCC(C)CC1. The number of aromatic nitrogens is 1. The van der Waals surface area contributed by atoms with Crippen LogP contribution in [0.1, 0.15) is 31.7 Å². The number of urea groups is 1. The van der Waals surface area contributed by atoms with Crippen LogP contribution in [0.15, 0.2) is 66.9 Å². The second kappa shape index (κ2) is 14.0. The molecule has 0 spiro atoms. The van der Waals surface area contributed by atoms with E-state index in [1.165, 1.54) is 50.4 Å².